The zero-order chi connectivity index (χ0) is 7.40. The van der Waals surface area contributed by atoms with Crippen molar-refractivity contribution in [2.24, 2.45) is 5.73 Å². The monoisotopic (exact) mass is 141 g/mol. The molecule has 0 aromatic rings. The van der Waals surface area contributed by atoms with Gasteiger partial charge in [0.25, 0.3) is 0 Å². The van der Waals surface area contributed by atoms with E-state index in [1.807, 2.05) is 6.92 Å². The Morgan fingerprint density at radius 3 is 3.10 bits per heavy atom. The fourth-order valence-electron chi connectivity index (χ4n) is 1.17. The van der Waals surface area contributed by atoms with Crippen molar-refractivity contribution in [3.05, 3.63) is 12.3 Å². The molecule has 0 aromatic heterocycles. The van der Waals surface area contributed by atoms with E-state index >= 15 is 0 Å². The summed E-state index contributed by atoms with van der Waals surface area (Å²) in [5, 5.41) is 0. The van der Waals surface area contributed by atoms with Crippen LogP contribution in [0.15, 0.2) is 12.3 Å². The van der Waals surface area contributed by atoms with Gasteiger partial charge in [0, 0.05) is 6.04 Å². The van der Waals surface area contributed by atoms with Gasteiger partial charge in [-0.15, -0.1) is 0 Å². The molecule has 2 nitrogen and oxygen atoms in total. The molecule has 1 aliphatic heterocycles. The van der Waals surface area contributed by atoms with Gasteiger partial charge in [0.2, 0.25) is 0 Å². The van der Waals surface area contributed by atoms with Gasteiger partial charge in [-0.1, -0.05) is 0 Å². The van der Waals surface area contributed by atoms with Crippen molar-refractivity contribution in [2.75, 3.05) is 0 Å². The van der Waals surface area contributed by atoms with Crippen LogP contribution in [-0.4, -0.2) is 12.1 Å². The molecule has 1 aliphatic rings. The molecule has 0 aromatic carbocycles. The summed E-state index contributed by atoms with van der Waals surface area (Å²) < 4.78 is 5.33. The highest BCUT2D eigenvalue weighted by Crippen LogP contribution is 2.13. The molecular weight excluding hydrogens is 126 g/mol. The van der Waals surface area contributed by atoms with Crippen LogP contribution in [0.5, 0.6) is 0 Å². The van der Waals surface area contributed by atoms with Crippen LogP contribution in [0.3, 0.4) is 0 Å². The topological polar surface area (TPSA) is 35.2 Å². The Morgan fingerprint density at radius 1 is 1.80 bits per heavy atom. The van der Waals surface area contributed by atoms with Crippen LogP contribution in [0.4, 0.5) is 0 Å². The van der Waals surface area contributed by atoms with Gasteiger partial charge in [0.05, 0.1) is 12.4 Å². The second-order valence-corrected chi connectivity index (χ2v) is 2.92. The summed E-state index contributed by atoms with van der Waals surface area (Å²) in [6, 6.07) is 0.261. The predicted octanol–water partition coefficient (Wildman–Crippen LogP) is 1.42. The molecule has 2 unspecified atom stereocenters. The van der Waals surface area contributed by atoms with Crippen molar-refractivity contribution in [3.8, 4) is 0 Å². The SMILES string of the molecule is CC(N)CC1CCC=CO1. The quantitative estimate of drug-likeness (QED) is 0.631. The Hall–Kier alpha value is -0.500. The van der Waals surface area contributed by atoms with Gasteiger partial charge in [-0.05, 0) is 32.3 Å². The Balaban J connectivity index is 2.22. The van der Waals surface area contributed by atoms with Crippen LogP contribution in [0.25, 0.3) is 0 Å². The smallest absolute Gasteiger partial charge is 0.0995 e. The van der Waals surface area contributed by atoms with Gasteiger partial charge in [0.15, 0.2) is 0 Å². The second-order valence-electron chi connectivity index (χ2n) is 2.92. The summed E-state index contributed by atoms with van der Waals surface area (Å²) in [7, 11) is 0. The lowest BCUT2D eigenvalue weighted by molar-refractivity contribution is 0.110. The van der Waals surface area contributed by atoms with Crippen molar-refractivity contribution in [3.63, 3.8) is 0 Å². The summed E-state index contributed by atoms with van der Waals surface area (Å²) in [4.78, 5) is 0. The first kappa shape index (κ1) is 7.61. The normalized spacial score (nSPS) is 27.6. The molecule has 0 bridgehead atoms. The fraction of sp³-hybridized carbons (Fsp3) is 0.750. The highest BCUT2D eigenvalue weighted by molar-refractivity contribution is 4.83. The van der Waals surface area contributed by atoms with E-state index in [2.05, 4.69) is 6.08 Å². The predicted molar refractivity (Wildman–Crippen MR) is 41.5 cm³/mol. The third-order valence-electron chi connectivity index (χ3n) is 1.66. The zero-order valence-electron chi connectivity index (χ0n) is 6.42. The largest absolute Gasteiger partial charge is 0.498 e. The zero-order valence-corrected chi connectivity index (χ0v) is 6.42. The van der Waals surface area contributed by atoms with Gasteiger partial charge >= 0.3 is 0 Å². The van der Waals surface area contributed by atoms with E-state index in [0.29, 0.717) is 6.10 Å². The first-order valence-electron chi connectivity index (χ1n) is 3.85. The van der Waals surface area contributed by atoms with Crippen molar-refractivity contribution in [2.45, 2.75) is 38.3 Å². The average molecular weight is 141 g/mol. The summed E-state index contributed by atoms with van der Waals surface area (Å²) in [6.45, 7) is 2.02. The molecule has 58 valence electrons. The molecule has 2 atom stereocenters. The maximum absolute atomic E-state index is 5.62. The van der Waals surface area contributed by atoms with Crippen LogP contribution in [-0.2, 0) is 4.74 Å². The summed E-state index contributed by atoms with van der Waals surface area (Å²) >= 11 is 0. The van der Waals surface area contributed by atoms with Crippen LogP contribution in [0, 0.1) is 0 Å². The van der Waals surface area contributed by atoms with Crippen molar-refractivity contribution in [1.82, 2.24) is 0 Å². The van der Waals surface area contributed by atoms with E-state index in [1.54, 1.807) is 6.26 Å². The van der Waals surface area contributed by atoms with E-state index in [-0.39, 0.29) is 6.04 Å². The first-order chi connectivity index (χ1) is 4.79. The molecule has 0 saturated carbocycles. The Bertz CT molecular complexity index is 120. The third kappa shape index (κ3) is 2.40. The molecule has 0 radical (unpaired) electrons. The lowest BCUT2D eigenvalue weighted by Gasteiger charge is -2.20. The van der Waals surface area contributed by atoms with Gasteiger partial charge in [-0.2, -0.15) is 0 Å². The van der Waals surface area contributed by atoms with E-state index in [1.165, 1.54) is 0 Å². The summed E-state index contributed by atoms with van der Waals surface area (Å²) in [5.74, 6) is 0. The van der Waals surface area contributed by atoms with E-state index < -0.39 is 0 Å². The Labute approximate surface area is 62.1 Å². The van der Waals surface area contributed by atoms with Crippen molar-refractivity contribution in [1.29, 1.82) is 0 Å². The molecule has 0 saturated heterocycles. The lowest BCUT2D eigenvalue weighted by Crippen LogP contribution is -2.24. The fourth-order valence-corrected chi connectivity index (χ4v) is 1.17. The molecule has 0 spiro atoms. The van der Waals surface area contributed by atoms with Crippen LogP contribution in [0.1, 0.15) is 26.2 Å². The number of hydrogen-bond acceptors (Lipinski definition) is 2. The molecular formula is C8H15NO. The van der Waals surface area contributed by atoms with Gasteiger partial charge in [-0.3, -0.25) is 0 Å². The van der Waals surface area contributed by atoms with Crippen molar-refractivity contribution < 1.29 is 4.74 Å². The standard InChI is InChI=1S/C8H15NO/c1-7(9)6-8-4-2-3-5-10-8/h3,5,7-8H,2,4,6,9H2,1H3. The molecule has 0 fully saturated rings. The minimum absolute atomic E-state index is 0.261. The van der Waals surface area contributed by atoms with E-state index in [0.717, 1.165) is 19.3 Å². The van der Waals surface area contributed by atoms with E-state index in [4.69, 9.17) is 10.5 Å². The Morgan fingerprint density at radius 2 is 2.60 bits per heavy atom. The number of hydrogen-bond donors (Lipinski definition) is 1. The third-order valence-corrected chi connectivity index (χ3v) is 1.66. The number of nitrogens with two attached hydrogens (primary N) is 1. The average Bonchev–Trinajstić information content (AvgIpc) is 1.88. The van der Waals surface area contributed by atoms with Crippen LogP contribution < -0.4 is 5.73 Å². The summed E-state index contributed by atoms with van der Waals surface area (Å²) in [5.41, 5.74) is 5.62. The van der Waals surface area contributed by atoms with Crippen LogP contribution in [0.2, 0.25) is 0 Å². The molecule has 1 rings (SSSR count). The molecule has 0 aliphatic carbocycles. The van der Waals surface area contributed by atoms with Crippen molar-refractivity contribution >= 4 is 0 Å². The molecule has 2 N–H and O–H groups in total. The first-order valence-corrected chi connectivity index (χ1v) is 3.85. The maximum atomic E-state index is 5.62. The van der Waals surface area contributed by atoms with Gasteiger partial charge in [0.1, 0.15) is 0 Å². The van der Waals surface area contributed by atoms with E-state index in [9.17, 15) is 0 Å². The summed E-state index contributed by atoms with van der Waals surface area (Å²) in [6.07, 6.45) is 7.44. The Kier molecular flexibility index (Phi) is 2.75. The molecule has 2 heteroatoms. The highest BCUT2D eigenvalue weighted by atomic mass is 16.5. The number of ether oxygens (including phenoxy) is 1. The highest BCUT2D eigenvalue weighted by Gasteiger charge is 2.11. The molecule has 1 heterocycles. The molecule has 0 amide bonds. The van der Waals surface area contributed by atoms with Gasteiger partial charge in [-0.25, -0.2) is 0 Å². The minimum atomic E-state index is 0.261. The van der Waals surface area contributed by atoms with Gasteiger partial charge < -0.3 is 10.5 Å². The second kappa shape index (κ2) is 3.62. The lowest BCUT2D eigenvalue weighted by atomic mass is 10.1. The van der Waals surface area contributed by atoms with Crippen LogP contribution >= 0.6 is 0 Å². The number of rotatable bonds is 2. The maximum Gasteiger partial charge on any atom is 0.0995 e. The minimum Gasteiger partial charge on any atom is -0.498 e. The molecule has 10 heavy (non-hydrogen) atoms. The number of allylic oxidation sites excluding steroid dienone is 1.